The highest BCUT2D eigenvalue weighted by atomic mass is 16.1. The van der Waals surface area contributed by atoms with E-state index in [1.807, 2.05) is 12.1 Å². The Labute approximate surface area is 111 Å². The van der Waals surface area contributed by atoms with Crippen molar-refractivity contribution in [1.82, 2.24) is 4.98 Å². The number of nitrogen functional groups attached to an aromatic ring is 1. The molecule has 0 atom stereocenters. The standard InChI is InChI=1S/C15H13N3O/c1-2-4-11-6-8-12(9-7-11)18-15(19)13-5-3-10-17-14(13)16/h3,5-10H,1H3,(H2,16,17)(H,18,19). The van der Waals surface area contributed by atoms with Gasteiger partial charge in [-0.1, -0.05) is 5.92 Å². The fourth-order valence-corrected chi connectivity index (χ4v) is 1.59. The highest BCUT2D eigenvalue weighted by molar-refractivity contribution is 6.07. The van der Waals surface area contributed by atoms with Crippen LogP contribution in [0.1, 0.15) is 22.8 Å². The lowest BCUT2D eigenvalue weighted by atomic mass is 10.2. The average molecular weight is 251 g/mol. The van der Waals surface area contributed by atoms with E-state index in [0.717, 1.165) is 5.56 Å². The van der Waals surface area contributed by atoms with E-state index in [1.165, 1.54) is 0 Å². The molecule has 0 spiro atoms. The zero-order valence-corrected chi connectivity index (χ0v) is 10.5. The summed E-state index contributed by atoms with van der Waals surface area (Å²) in [6.45, 7) is 1.78. The van der Waals surface area contributed by atoms with Crippen molar-refractivity contribution in [3.63, 3.8) is 0 Å². The third kappa shape index (κ3) is 3.11. The zero-order valence-electron chi connectivity index (χ0n) is 10.5. The third-order valence-electron chi connectivity index (χ3n) is 2.50. The lowest BCUT2D eigenvalue weighted by Gasteiger charge is -2.06. The summed E-state index contributed by atoms with van der Waals surface area (Å²) in [4.78, 5) is 15.9. The number of nitrogens with zero attached hydrogens (tertiary/aromatic N) is 1. The highest BCUT2D eigenvalue weighted by Crippen LogP contribution is 2.13. The molecule has 94 valence electrons. The number of carbonyl (C=O) groups is 1. The Balaban J connectivity index is 2.14. The summed E-state index contributed by atoms with van der Waals surface area (Å²) in [5, 5.41) is 2.76. The minimum Gasteiger partial charge on any atom is -0.383 e. The van der Waals surface area contributed by atoms with E-state index < -0.39 is 0 Å². The predicted molar refractivity (Wildman–Crippen MR) is 75.6 cm³/mol. The maximum absolute atomic E-state index is 12.0. The smallest absolute Gasteiger partial charge is 0.259 e. The Morgan fingerprint density at radius 1 is 1.26 bits per heavy atom. The van der Waals surface area contributed by atoms with Crippen LogP contribution >= 0.6 is 0 Å². The number of carbonyl (C=O) groups excluding carboxylic acids is 1. The molecule has 0 fully saturated rings. The van der Waals surface area contributed by atoms with Gasteiger partial charge in [-0.05, 0) is 43.3 Å². The van der Waals surface area contributed by atoms with Crippen molar-refractivity contribution in [2.75, 3.05) is 11.1 Å². The van der Waals surface area contributed by atoms with Crippen LogP contribution in [0.25, 0.3) is 0 Å². The molecule has 0 aliphatic carbocycles. The average Bonchev–Trinajstić information content (AvgIpc) is 2.42. The first-order valence-corrected chi connectivity index (χ1v) is 5.75. The molecule has 1 amide bonds. The summed E-state index contributed by atoms with van der Waals surface area (Å²) in [7, 11) is 0. The molecule has 0 saturated heterocycles. The Hall–Kier alpha value is -2.80. The van der Waals surface area contributed by atoms with Crippen LogP contribution in [0.15, 0.2) is 42.6 Å². The van der Waals surface area contributed by atoms with Crippen molar-refractivity contribution in [1.29, 1.82) is 0 Å². The van der Waals surface area contributed by atoms with Crippen LogP contribution in [0.2, 0.25) is 0 Å². The molecule has 3 N–H and O–H groups in total. The van der Waals surface area contributed by atoms with Gasteiger partial charge in [-0.15, -0.1) is 5.92 Å². The first-order chi connectivity index (χ1) is 9.20. The van der Waals surface area contributed by atoms with Crippen molar-refractivity contribution in [2.45, 2.75) is 6.92 Å². The predicted octanol–water partition coefficient (Wildman–Crippen LogP) is 2.29. The summed E-state index contributed by atoms with van der Waals surface area (Å²) in [6.07, 6.45) is 1.55. The first-order valence-electron chi connectivity index (χ1n) is 5.75. The summed E-state index contributed by atoms with van der Waals surface area (Å²) >= 11 is 0. The van der Waals surface area contributed by atoms with Gasteiger partial charge in [0.15, 0.2) is 0 Å². The topological polar surface area (TPSA) is 68.0 Å². The number of anilines is 2. The molecule has 1 aromatic carbocycles. The Bertz CT molecular complexity index is 651. The van der Waals surface area contributed by atoms with Crippen LogP contribution in [-0.2, 0) is 0 Å². The molecule has 0 radical (unpaired) electrons. The SMILES string of the molecule is CC#Cc1ccc(NC(=O)c2cccnc2N)cc1. The molecule has 0 aliphatic heterocycles. The monoisotopic (exact) mass is 251 g/mol. The number of hydrogen-bond acceptors (Lipinski definition) is 3. The van der Waals surface area contributed by atoms with Gasteiger partial charge in [0.25, 0.3) is 5.91 Å². The molecule has 19 heavy (non-hydrogen) atoms. The van der Waals surface area contributed by atoms with E-state index in [-0.39, 0.29) is 11.7 Å². The quantitative estimate of drug-likeness (QED) is 0.805. The summed E-state index contributed by atoms with van der Waals surface area (Å²) in [6, 6.07) is 10.6. The number of pyridine rings is 1. The van der Waals surface area contributed by atoms with Crippen LogP contribution in [0.5, 0.6) is 0 Å². The number of nitrogens with one attached hydrogen (secondary N) is 1. The summed E-state index contributed by atoms with van der Waals surface area (Å²) in [5.74, 6) is 5.69. The van der Waals surface area contributed by atoms with Crippen LogP contribution in [0, 0.1) is 11.8 Å². The van der Waals surface area contributed by atoms with E-state index >= 15 is 0 Å². The molecule has 1 aromatic heterocycles. The summed E-state index contributed by atoms with van der Waals surface area (Å²) < 4.78 is 0. The molecule has 4 nitrogen and oxygen atoms in total. The first kappa shape index (κ1) is 12.7. The highest BCUT2D eigenvalue weighted by Gasteiger charge is 2.09. The van der Waals surface area contributed by atoms with E-state index in [1.54, 1.807) is 37.4 Å². The van der Waals surface area contributed by atoms with Crippen molar-refractivity contribution in [3.8, 4) is 11.8 Å². The fourth-order valence-electron chi connectivity index (χ4n) is 1.59. The van der Waals surface area contributed by atoms with Crippen LogP contribution in [0.3, 0.4) is 0 Å². The van der Waals surface area contributed by atoms with Crippen molar-refractivity contribution in [2.24, 2.45) is 0 Å². The van der Waals surface area contributed by atoms with Crippen molar-refractivity contribution in [3.05, 3.63) is 53.7 Å². The van der Waals surface area contributed by atoms with Gasteiger partial charge >= 0.3 is 0 Å². The van der Waals surface area contributed by atoms with Gasteiger partial charge in [-0.2, -0.15) is 0 Å². The maximum atomic E-state index is 12.0. The molecule has 0 unspecified atom stereocenters. The second-order valence-electron chi connectivity index (χ2n) is 3.84. The van der Waals surface area contributed by atoms with Gasteiger partial charge in [0.2, 0.25) is 0 Å². The Kier molecular flexibility index (Phi) is 3.79. The minimum atomic E-state index is -0.278. The second-order valence-corrected chi connectivity index (χ2v) is 3.84. The molecule has 4 heteroatoms. The number of benzene rings is 1. The molecule has 0 saturated carbocycles. The van der Waals surface area contributed by atoms with Gasteiger partial charge in [0.05, 0.1) is 5.56 Å². The van der Waals surface area contributed by atoms with Gasteiger partial charge in [0.1, 0.15) is 5.82 Å². The molecular formula is C15H13N3O. The van der Waals surface area contributed by atoms with Gasteiger partial charge in [-0.3, -0.25) is 4.79 Å². The van der Waals surface area contributed by atoms with Crippen LogP contribution < -0.4 is 11.1 Å². The maximum Gasteiger partial charge on any atom is 0.259 e. The van der Waals surface area contributed by atoms with E-state index in [9.17, 15) is 4.79 Å². The number of rotatable bonds is 2. The van der Waals surface area contributed by atoms with Crippen molar-refractivity contribution < 1.29 is 4.79 Å². The number of amides is 1. The Morgan fingerprint density at radius 2 is 2.00 bits per heavy atom. The van der Waals surface area contributed by atoms with E-state index in [0.29, 0.717) is 11.3 Å². The van der Waals surface area contributed by atoms with E-state index in [2.05, 4.69) is 22.1 Å². The molecule has 2 aromatic rings. The minimum absolute atomic E-state index is 0.216. The molecular weight excluding hydrogens is 238 g/mol. The molecule has 0 aliphatic rings. The fraction of sp³-hybridized carbons (Fsp3) is 0.0667. The lowest BCUT2D eigenvalue weighted by molar-refractivity contribution is 0.102. The third-order valence-corrected chi connectivity index (χ3v) is 2.50. The van der Waals surface area contributed by atoms with Crippen LogP contribution in [0.4, 0.5) is 11.5 Å². The number of aromatic nitrogens is 1. The lowest BCUT2D eigenvalue weighted by Crippen LogP contribution is -2.14. The normalized spacial score (nSPS) is 9.32. The summed E-state index contributed by atoms with van der Waals surface area (Å²) in [5.41, 5.74) is 7.60. The molecule has 0 bridgehead atoms. The van der Waals surface area contributed by atoms with Gasteiger partial charge in [0, 0.05) is 17.4 Å². The number of hydrogen-bond donors (Lipinski definition) is 2. The molecule has 1 heterocycles. The van der Waals surface area contributed by atoms with Gasteiger partial charge < -0.3 is 11.1 Å². The van der Waals surface area contributed by atoms with Gasteiger partial charge in [-0.25, -0.2) is 4.98 Å². The largest absolute Gasteiger partial charge is 0.383 e. The zero-order chi connectivity index (χ0) is 13.7. The van der Waals surface area contributed by atoms with Crippen LogP contribution in [-0.4, -0.2) is 10.9 Å². The number of nitrogens with two attached hydrogens (primary N) is 1. The van der Waals surface area contributed by atoms with Crippen molar-refractivity contribution >= 4 is 17.4 Å². The Morgan fingerprint density at radius 3 is 2.63 bits per heavy atom. The second kappa shape index (κ2) is 5.69. The van der Waals surface area contributed by atoms with E-state index in [4.69, 9.17) is 5.73 Å². The molecule has 2 rings (SSSR count).